The van der Waals surface area contributed by atoms with Crippen molar-refractivity contribution < 1.29 is 0 Å². The summed E-state index contributed by atoms with van der Waals surface area (Å²) >= 11 is 0. The zero-order valence-electron chi connectivity index (χ0n) is 31.3. The van der Waals surface area contributed by atoms with Gasteiger partial charge >= 0.3 is 0 Å². The fourth-order valence-corrected chi connectivity index (χ4v) is 14.2. The van der Waals surface area contributed by atoms with Crippen LogP contribution in [0.5, 0.6) is 0 Å². The molecule has 11 rings (SSSR count). The summed E-state index contributed by atoms with van der Waals surface area (Å²) in [6.45, 7) is 0. The van der Waals surface area contributed by atoms with E-state index in [0.717, 1.165) is 11.4 Å². The van der Waals surface area contributed by atoms with Gasteiger partial charge in [-0.15, -0.1) is 0 Å². The Labute approximate surface area is 333 Å². The third-order valence-electron chi connectivity index (χ3n) is 11.9. The number of aromatic nitrogens is 2. The van der Waals surface area contributed by atoms with Gasteiger partial charge in [0.05, 0.1) is 27.8 Å². The van der Waals surface area contributed by atoms with Crippen LogP contribution in [0.3, 0.4) is 0 Å². The predicted molar refractivity (Wildman–Crippen MR) is 244 cm³/mol. The van der Waals surface area contributed by atoms with Crippen LogP contribution < -0.4 is 20.7 Å². The van der Waals surface area contributed by atoms with Crippen molar-refractivity contribution in [1.82, 2.24) is 9.13 Å². The molecule has 0 atom stereocenters. The second kappa shape index (κ2) is 13.5. The summed E-state index contributed by atoms with van der Waals surface area (Å²) in [5.41, 5.74) is 9.47. The maximum atomic E-state index is 2.52. The summed E-state index contributed by atoms with van der Waals surface area (Å²) in [6.07, 6.45) is 0. The fourth-order valence-electron chi connectivity index (χ4n) is 9.42. The normalized spacial score (nSPS) is 11.9. The number of fused-ring (bicyclic) bond motifs is 6. The second-order valence-corrected chi connectivity index (χ2v) is 18.7. The molecule has 0 amide bonds. The van der Waals surface area contributed by atoms with E-state index in [1.807, 2.05) is 0 Å². The molecule has 0 saturated carbocycles. The van der Waals surface area contributed by atoms with Crippen LogP contribution in [0.4, 0.5) is 0 Å². The van der Waals surface area contributed by atoms with Gasteiger partial charge in [0.25, 0.3) is 0 Å². The summed E-state index contributed by atoms with van der Waals surface area (Å²) in [7, 11) is -2.75. The van der Waals surface area contributed by atoms with Gasteiger partial charge in [0.1, 0.15) is 0 Å². The van der Waals surface area contributed by atoms with Crippen LogP contribution in [-0.2, 0) is 0 Å². The van der Waals surface area contributed by atoms with Crippen LogP contribution in [0.1, 0.15) is 0 Å². The average Bonchev–Trinajstić information content (AvgIpc) is 3.80. The largest absolute Gasteiger partial charge is 0.309 e. The highest BCUT2D eigenvalue weighted by molar-refractivity contribution is 7.20. The minimum atomic E-state index is -2.75. The highest BCUT2D eigenvalue weighted by atomic mass is 28.3. The van der Waals surface area contributed by atoms with E-state index in [4.69, 9.17) is 0 Å². The van der Waals surface area contributed by atoms with E-state index >= 15 is 0 Å². The second-order valence-electron chi connectivity index (χ2n) is 14.9. The first-order valence-corrected chi connectivity index (χ1v) is 21.7. The fraction of sp³-hybridized carbons (Fsp3) is 0. The molecule has 0 N–H and O–H groups in total. The minimum Gasteiger partial charge on any atom is -0.309 e. The standard InChI is InChI=1S/C54H38N2Si/c1-6-20-39(21-7-1)47-37-49-46-31-16-18-32-50(46)55(40-22-8-2-9-23-40)54(49)38-53(47)56-51-33-19-17-30-45(51)48-36-44(34-35-52(48)56)57(41-24-10-3-11-25-41,42-26-12-4-13-27-42)43-28-14-5-15-29-43/h1-38H. The number of para-hydroxylation sites is 3. The zero-order valence-corrected chi connectivity index (χ0v) is 32.3. The zero-order chi connectivity index (χ0) is 37.8. The Hall–Kier alpha value is -7.20. The molecule has 0 aliphatic heterocycles. The summed E-state index contributed by atoms with van der Waals surface area (Å²) in [4.78, 5) is 0. The molecule has 2 aromatic heterocycles. The van der Waals surface area contributed by atoms with Gasteiger partial charge in [-0.05, 0) is 68.8 Å². The first-order chi connectivity index (χ1) is 28.3. The van der Waals surface area contributed by atoms with Crippen LogP contribution in [0, 0.1) is 0 Å². The van der Waals surface area contributed by atoms with E-state index in [1.54, 1.807) is 0 Å². The van der Waals surface area contributed by atoms with Crippen LogP contribution in [0.25, 0.3) is 66.1 Å². The van der Waals surface area contributed by atoms with Gasteiger partial charge in [-0.25, -0.2) is 0 Å². The Bertz CT molecular complexity index is 3110. The van der Waals surface area contributed by atoms with Crippen molar-refractivity contribution >= 4 is 72.4 Å². The molecule has 268 valence electrons. The molecule has 0 radical (unpaired) electrons. The Morgan fingerprint density at radius 2 is 0.719 bits per heavy atom. The van der Waals surface area contributed by atoms with Gasteiger partial charge in [0, 0.05) is 32.8 Å². The van der Waals surface area contributed by atoms with Crippen molar-refractivity contribution in [2.45, 2.75) is 0 Å². The highest BCUT2D eigenvalue weighted by Gasteiger charge is 2.41. The minimum absolute atomic E-state index is 1.15. The molecule has 3 heteroatoms. The van der Waals surface area contributed by atoms with E-state index in [-0.39, 0.29) is 0 Å². The quantitative estimate of drug-likeness (QED) is 0.114. The molecule has 0 bridgehead atoms. The van der Waals surface area contributed by atoms with Gasteiger partial charge in [-0.2, -0.15) is 0 Å². The third kappa shape index (κ3) is 5.17. The van der Waals surface area contributed by atoms with E-state index in [0.29, 0.717) is 0 Å². The number of benzene rings is 9. The first kappa shape index (κ1) is 33.2. The summed E-state index contributed by atoms with van der Waals surface area (Å²) in [6, 6.07) is 85.2. The van der Waals surface area contributed by atoms with E-state index in [9.17, 15) is 0 Å². The molecule has 9 aromatic carbocycles. The highest BCUT2D eigenvalue weighted by Crippen LogP contribution is 2.41. The summed E-state index contributed by atoms with van der Waals surface area (Å²) < 4.78 is 4.94. The monoisotopic (exact) mass is 742 g/mol. The summed E-state index contributed by atoms with van der Waals surface area (Å²) in [5.74, 6) is 0. The smallest absolute Gasteiger partial charge is 0.179 e. The van der Waals surface area contributed by atoms with Crippen molar-refractivity contribution in [2.75, 3.05) is 0 Å². The first-order valence-electron chi connectivity index (χ1n) is 19.7. The van der Waals surface area contributed by atoms with Crippen LogP contribution in [0.15, 0.2) is 231 Å². The average molecular weight is 743 g/mol. The lowest BCUT2D eigenvalue weighted by Gasteiger charge is -2.34. The number of hydrogen-bond acceptors (Lipinski definition) is 0. The molecule has 0 fully saturated rings. The van der Waals surface area contributed by atoms with Gasteiger partial charge in [0.2, 0.25) is 0 Å². The topological polar surface area (TPSA) is 9.86 Å². The number of hydrogen-bond donors (Lipinski definition) is 0. The number of rotatable bonds is 7. The molecule has 0 aliphatic rings. The Morgan fingerprint density at radius 3 is 1.28 bits per heavy atom. The molecule has 0 spiro atoms. The molecule has 57 heavy (non-hydrogen) atoms. The molecule has 0 saturated heterocycles. The van der Waals surface area contributed by atoms with Gasteiger partial charge < -0.3 is 9.13 Å². The van der Waals surface area contributed by atoms with Gasteiger partial charge in [0.15, 0.2) is 8.07 Å². The molecule has 11 aromatic rings. The van der Waals surface area contributed by atoms with Crippen molar-refractivity contribution in [3.8, 4) is 22.5 Å². The van der Waals surface area contributed by atoms with Crippen molar-refractivity contribution in [1.29, 1.82) is 0 Å². The predicted octanol–water partition coefficient (Wildman–Crippen LogP) is 10.9. The maximum Gasteiger partial charge on any atom is 0.179 e. The molecule has 0 unspecified atom stereocenters. The van der Waals surface area contributed by atoms with E-state index < -0.39 is 8.07 Å². The maximum absolute atomic E-state index is 2.75. The molecular formula is C54H38N2Si. The Kier molecular flexibility index (Phi) is 7.87. The Morgan fingerprint density at radius 1 is 0.281 bits per heavy atom. The molecule has 2 heterocycles. The van der Waals surface area contributed by atoms with Crippen LogP contribution in [-0.4, -0.2) is 17.2 Å². The van der Waals surface area contributed by atoms with Gasteiger partial charge in [-0.3, -0.25) is 0 Å². The molecule has 2 nitrogen and oxygen atoms in total. The lowest BCUT2D eigenvalue weighted by atomic mass is 10.00. The van der Waals surface area contributed by atoms with Crippen LogP contribution in [0.2, 0.25) is 0 Å². The Balaban J connectivity index is 1.25. The molecule has 0 aliphatic carbocycles. The van der Waals surface area contributed by atoms with E-state index in [1.165, 1.54) is 75.5 Å². The van der Waals surface area contributed by atoms with E-state index in [2.05, 4.69) is 240 Å². The van der Waals surface area contributed by atoms with Gasteiger partial charge in [-0.1, -0.05) is 188 Å². The summed E-state index contributed by atoms with van der Waals surface area (Å²) in [5, 5.41) is 10.5. The SMILES string of the molecule is c1ccc(-c2cc3c4ccccc4n(-c4ccccc4)c3cc2-n2c3ccccc3c3cc([Si](c4ccccc4)(c4ccccc4)c4ccccc4)ccc32)cc1. The third-order valence-corrected chi connectivity index (χ3v) is 16.6. The van der Waals surface area contributed by atoms with Crippen LogP contribution >= 0.6 is 0 Å². The van der Waals surface area contributed by atoms with Crippen molar-refractivity contribution in [2.24, 2.45) is 0 Å². The number of nitrogens with zero attached hydrogens (tertiary/aromatic N) is 2. The van der Waals surface area contributed by atoms with Crippen molar-refractivity contribution in [3.63, 3.8) is 0 Å². The lowest BCUT2D eigenvalue weighted by Crippen LogP contribution is -2.74. The lowest BCUT2D eigenvalue weighted by molar-refractivity contribution is 1.16. The molecular weight excluding hydrogens is 705 g/mol. The van der Waals surface area contributed by atoms with Crippen molar-refractivity contribution in [3.05, 3.63) is 231 Å².